The van der Waals surface area contributed by atoms with E-state index in [4.69, 9.17) is 0 Å². The molecule has 3 unspecified atom stereocenters. The Morgan fingerprint density at radius 3 is 2.55 bits per heavy atom. The maximum atomic E-state index is 14.0. The fourth-order valence-corrected chi connectivity index (χ4v) is 4.19. The molecule has 20 heavy (non-hydrogen) atoms. The molecule has 1 aliphatic carbocycles. The van der Waals surface area contributed by atoms with Gasteiger partial charge in [0.2, 0.25) is 0 Å². The van der Waals surface area contributed by atoms with Crippen LogP contribution in [0.1, 0.15) is 45.6 Å². The van der Waals surface area contributed by atoms with E-state index >= 15 is 0 Å². The van der Waals surface area contributed by atoms with Gasteiger partial charge in [0.15, 0.2) is 0 Å². The predicted molar refractivity (Wildman–Crippen MR) is 90.8 cm³/mol. The third-order valence-electron chi connectivity index (χ3n) is 4.61. The first-order valence-corrected chi connectivity index (χ1v) is 9.06. The van der Waals surface area contributed by atoms with Crippen LogP contribution in [0.5, 0.6) is 0 Å². The average Bonchev–Trinajstić information content (AvgIpc) is 2.33. The fraction of sp³-hybridized carbons (Fsp3) is 0.647. The molecule has 112 valence electrons. The van der Waals surface area contributed by atoms with E-state index in [0.29, 0.717) is 16.2 Å². The maximum absolute atomic E-state index is 14.0. The van der Waals surface area contributed by atoms with Crippen LogP contribution < -0.4 is 0 Å². The first-order chi connectivity index (χ1) is 9.27. The molecular formula is C17H23Br2F. The van der Waals surface area contributed by atoms with E-state index in [9.17, 15) is 4.39 Å². The molecule has 0 amide bonds. The van der Waals surface area contributed by atoms with Gasteiger partial charge in [-0.25, -0.2) is 4.39 Å². The molecule has 0 spiro atoms. The Hall–Kier alpha value is 0.110. The standard InChI is InChI=1S/C17H23Br2F/c1-17(2,3)13-5-7-15(19)12(9-13)8-11-4-6-14(18)10-16(11)20/h4,6,10,12-13,15H,5,7-9H2,1-3H3. The third-order valence-corrected chi connectivity index (χ3v) is 6.31. The molecule has 2 rings (SSSR count). The van der Waals surface area contributed by atoms with Gasteiger partial charge in [-0.05, 0) is 60.6 Å². The smallest absolute Gasteiger partial charge is 0.127 e. The van der Waals surface area contributed by atoms with Crippen molar-refractivity contribution in [3.8, 4) is 0 Å². The highest BCUT2D eigenvalue weighted by Gasteiger charge is 2.35. The van der Waals surface area contributed by atoms with Crippen LogP contribution in [0.15, 0.2) is 22.7 Å². The highest BCUT2D eigenvalue weighted by molar-refractivity contribution is 9.10. The number of alkyl halides is 1. The summed E-state index contributed by atoms with van der Waals surface area (Å²) in [5.41, 5.74) is 1.20. The molecule has 0 N–H and O–H groups in total. The minimum Gasteiger partial charge on any atom is -0.207 e. The summed E-state index contributed by atoms with van der Waals surface area (Å²) >= 11 is 7.13. The summed E-state index contributed by atoms with van der Waals surface area (Å²) in [6, 6.07) is 5.42. The van der Waals surface area contributed by atoms with Crippen LogP contribution in [0.4, 0.5) is 4.39 Å². The lowest BCUT2D eigenvalue weighted by atomic mass is 9.68. The number of hydrogen-bond acceptors (Lipinski definition) is 0. The normalized spacial score (nSPS) is 27.6. The van der Waals surface area contributed by atoms with Gasteiger partial charge in [-0.3, -0.25) is 0 Å². The molecule has 1 saturated carbocycles. The average molecular weight is 406 g/mol. The van der Waals surface area contributed by atoms with E-state index in [-0.39, 0.29) is 5.82 Å². The highest BCUT2D eigenvalue weighted by Crippen LogP contribution is 2.43. The molecule has 1 aromatic carbocycles. The lowest BCUT2D eigenvalue weighted by Gasteiger charge is -2.40. The molecule has 1 aliphatic rings. The Morgan fingerprint density at radius 1 is 1.25 bits per heavy atom. The largest absolute Gasteiger partial charge is 0.207 e. The first-order valence-electron chi connectivity index (χ1n) is 7.35. The molecule has 1 aromatic rings. The van der Waals surface area contributed by atoms with E-state index in [2.05, 4.69) is 52.6 Å². The van der Waals surface area contributed by atoms with Gasteiger partial charge in [-0.2, -0.15) is 0 Å². The molecule has 0 nitrogen and oxygen atoms in total. The van der Waals surface area contributed by atoms with Crippen molar-refractivity contribution in [2.45, 2.75) is 51.3 Å². The zero-order valence-electron chi connectivity index (χ0n) is 12.4. The molecular weight excluding hydrogens is 383 g/mol. The van der Waals surface area contributed by atoms with E-state index in [1.807, 2.05) is 12.1 Å². The predicted octanol–water partition coefficient (Wildman–Crippen LogP) is 6.36. The summed E-state index contributed by atoms with van der Waals surface area (Å²) in [6.07, 6.45) is 4.50. The lowest BCUT2D eigenvalue weighted by Crippen LogP contribution is -2.33. The maximum Gasteiger partial charge on any atom is 0.127 e. The number of rotatable bonds is 2. The Morgan fingerprint density at radius 2 is 1.95 bits per heavy atom. The van der Waals surface area contributed by atoms with E-state index in [0.717, 1.165) is 22.4 Å². The molecule has 1 fully saturated rings. The number of halogens is 3. The van der Waals surface area contributed by atoms with Crippen LogP contribution >= 0.6 is 31.9 Å². The Balaban J connectivity index is 2.10. The summed E-state index contributed by atoms with van der Waals surface area (Å²) in [5.74, 6) is 1.18. The summed E-state index contributed by atoms with van der Waals surface area (Å²) in [6.45, 7) is 6.97. The molecule has 0 heterocycles. The lowest BCUT2D eigenvalue weighted by molar-refractivity contribution is 0.146. The zero-order chi connectivity index (χ0) is 14.9. The summed E-state index contributed by atoms with van der Waals surface area (Å²) in [4.78, 5) is 0.518. The molecule has 3 heteroatoms. The van der Waals surface area contributed by atoms with Crippen LogP contribution in [-0.4, -0.2) is 4.83 Å². The summed E-state index contributed by atoms with van der Waals surface area (Å²) < 4.78 is 14.8. The van der Waals surface area contributed by atoms with Gasteiger partial charge in [-0.1, -0.05) is 58.7 Å². The molecule has 0 bridgehead atoms. The third kappa shape index (κ3) is 4.07. The van der Waals surface area contributed by atoms with E-state index < -0.39 is 0 Å². The Bertz CT molecular complexity index is 465. The van der Waals surface area contributed by atoms with Crippen LogP contribution in [-0.2, 0) is 6.42 Å². The topological polar surface area (TPSA) is 0 Å². The van der Waals surface area contributed by atoms with E-state index in [1.54, 1.807) is 6.07 Å². The SMILES string of the molecule is CC(C)(C)C1CCC(Br)C(Cc2ccc(Br)cc2F)C1. The van der Waals surface area contributed by atoms with Gasteiger partial charge in [0.25, 0.3) is 0 Å². The molecule has 0 radical (unpaired) electrons. The van der Waals surface area contributed by atoms with Gasteiger partial charge in [0, 0.05) is 9.30 Å². The van der Waals surface area contributed by atoms with E-state index in [1.165, 1.54) is 19.3 Å². The van der Waals surface area contributed by atoms with Crippen LogP contribution in [0.2, 0.25) is 0 Å². The van der Waals surface area contributed by atoms with Gasteiger partial charge >= 0.3 is 0 Å². The quantitative estimate of drug-likeness (QED) is 0.502. The van der Waals surface area contributed by atoms with Crippen molar-refractivity contribution < 1.29 is 4.39 Å². The Kier molecular flexibility index (Phi) is 5.34. The van der Waals surface area contributed by atoms with Crippen molar-refractivity contribution in [3.05, 3.63) is 34.1 Å². The Labute approximate surface area is 138 Å². The number of hydrogen-bond donors (Lipinski definition) is 0. The molecule has 0 aliphatic heterocycles. The molecule has 0 aromatic heterocycles. The first kappa shape index (κ1) is 16.5. The van der Waals surface area contributed by atoms with Gasteiger partial charge < -0.3 is 0 Å². The van der Waals surface area contributed by atoms with Crippen molar-refractivity contribution in [1.82, 2.24) is 0 Å². The van der Waals surface area contributed by atoms with Crippen molar-refractivity contribution in [2.24, 2.45) is 17.3 Å². The van der Waals surface area contributed by atoms with Crippen LogP contribution in [0.3, 0.4) is 0 Å². The van der Waals surface area contributed by atoms with Gasteiger partial charge in [-0.15, -0.1) is 0 Å². The second kappa shape index (κ2) is 6.48. The van der Waals surface area contributed by atoms with Crippen LogP contribution in [0.25, 0.3) is 0 Å². The molecule has 0 saturated heterocycles. The monoisotopic (exact) mass is 404 g/mol. The van der Waals surface area contributed by atoms with Crippen molar-refractivity contribution in [2.75, 3.05) is 0 Å². The van der Waals surface area contributed by atoms with Gasteiger partial charge in [0.05, 0.1) is 0 Å². The summed E-state index contributed by atoms with van der Waals surface area (Å²) in [5, 5.41) is 0. The van der Waals surface area contributed by atoms with Crippen LogP contribution in [0, 0.1) is 23.1 Å². The minimum absolute atomic E-state index is 0.0862. The second-order valence-electron chi connectivity index (χ2n) is 7.09. The van der Waals surface area contributed by atoms with Crippen molar-refractivity contribution in [1.29, 1.82) is 0 Å². The van der Waals surface area contributed by atoms with Gasteiger partial charge in [0.1, 0.15) is 5.82 Å². The number of benzene rings is 1. The van der Waals surface area contributed by atoms with Crippen molar-refractivity contribution >= 4 is 31.9 Å². The highest BCUT2D eigenvalue weighted by atomic mass is 79.9. The van der Waals surface area contributed by atoms with Crippen molar-refractivity contribution in [3.63, 3.8) is 0 Å². The fourth-order valence-electron chi connectivity index (χ4n) is 3.19. The second-order valence-corrected chi connectivity index (χ2v) is 9.18. The zero-order valence-corrected chi connectivity index (χ0v) is 15.6. The minimum atomic E-state index is -0.0862. The molecule has 3 atom stereocenters. The summed E-state index contributed by atoms with van der Waals surface area (Å²) in [7, 11) is 0.